The van der Waals surface area contributed by atoms with Crippen molar-refractivity contribution >= 4 is 34.2 Å². The van der Waals surface area contributed by atoms with Crippen LogP contribution in [-0.4, -0.2) is 36.6 Å². The van der Waals surface area contributed by atoms with Crippen molar-refractivity contribution in [2.45, 2.75) is 46.3 Å². The minimum absolute atomic E-state index is 0.0744. The zero-order chi connectivity index (χ0) is 25.3. The van der Waals surface area contributed by atoms with E-state index in [1.165, 1.54) is 51.4 Å². The van der Waals surface area contributed by atoms with Gasteiger partial charge >= 0.3 is 5.69 Å². The molecule has 2 aromatic heterocycles. The van der Waals surface area contributed by atoms with Crippen LogP contribution in [0.3, 0.4) is 0 Å². The molecule has 0 fully saturated rings. The molecule has 2 heterocycles. The summed E-state index contributed by atoms with van der Waals surface area (Å²) < 4.78 is 16.7. The predicted octanol–water partition coefficient (Wildman–Crippen LogP) is 2.14. The van der Waals surface area contributed by atoms with E-state index >= 15 is 0 Å². The first-order valence-electron chi connectivity index (χ1n) is 11.2. The fourth-order valence-corrected chi connectivity index (χ4v) is 3.80. The average molecular weight is 481 g/mol. The Labute approximate surface area is 199 Å². The van der Waals surface area contributed by atoms with E-state index in [-0.39, 0.29) is 39.8 Å². The van der Waals surface area contributed by atoms with Crippen molar-refractivity contribution in [2.24, 2.45) is 0 Å². The van der Waals surface area contributed by atoms with Crippen LogP contribution < -0.4 is 21.9 Å². The highest BCUT2D eigenvalue weighted by Crippen LogP contribution is 2.15. The highest BCUT2D eigenvalue weighted by Gasteiger charge is 2.20. The zero-order valence-corrected chi connectivity index (χ0v) is 19.5. The van der Waals surface area contributed by atoms with Gasteiger partial charge in [-0.15, -0.1) is 5.10 Å². The number of hydrogen-bond acceptors (Lipinski definition) is 5. The number of anilines is 1. The molecule has 182 valence electrons. The van der Waals surface area contributed by atoms with Crippen LogP contribution in [0.2, 0.25) is 0 Å². The topological polar surface area (TPSA) is 120 Å². The van der Waals surface area contributed by atoms with Crippen LogP contribution in [0, 0.1) is 5.82 Å². The Bertz CT molecular complexity index is 1550. The van der Waals surface area contributed by atoms with E-state index in [4.69, 9.17) is 0 Å². The number of carbonyl (C=O) groups is 2. The molecule has 0 saturated heterocycles. The number of amides is 2. The lowest BCUT2D eigenvalue weighted by Gasteiger charge is -2.11. The first-order valence-corrected chi connectivity index (χ1v) is 11.2. The summed E-state index contributed by atoms with van der Waals surface area (Å²) in [5.74, 6) is -1.26. The molecule has 35 heavy (non-hydrogen) atoms. The molecule has 2 aromatic carbocycles. The monoisotopic (exact) mass is 480 g/mol. The molecule has 4 rings (SSSR count). The number of hydrogen-bond donors (Lipinski definition) is 2. The number of aromatic nitrogens is 4. The van der Waals surface area contributed by atoms with Crippen molar-refractivity contribution in [2.75, 3.05) is 5.32 Å². The molecular weight excluding hydrogens is 455 g/mol. The lowest BCUT2D eigenvalue weighted by Crippen LogP contribution is -2.31. The van der Waals surface area contributed by atoms with Gasteiger partial charge in [0.15, 0.2) is 0 Å². The standard InChI is InChI=1S/C24H25FN6O4/c1-4-11-29-22(34)18-10-5-15(21(33)26-14(2)3)12-19(18)31-23(29)28-30(24(31)35)13-20(32)27-17-8-6-16(25)7-9-17/h5-10,12,14H,4,11,13H2,1-3H3,(H,26,33)(H,27,32). The summed E-state index contributed by atoms with van der Waals surface area (Å²) in [6, 6.07) is 9.64. The van der Waals surface area contributed by atoms with Crippen LogP contribution in [0.15, 0.2) is 52.1 Å². The number of carbonyl (C=O) groups excluding carboxylic acids is 2. The maximum absolute atomic E-state index is 13.3. The molecule has 0 saturated carbocycles. The molecule has 0 atom stereocenters. The number of fused-ring (bicyclic) bond motifs is 3. The van der Waals surface area contributed by atoms with Gasteiger partial charge in [-0.05, 0) is 62.7 Å². The summed E-state index contributed by atoms with van der Waals surface area (Å²) in [6.07, 6.45) is 0.613. The molecule has 10 nitrogen and oxygen atoms in total. The van der Waals surface area contributed by atoms with E-state index < -0.39 is 24.0 Å². The second kappa shape index (κ2) is 9.53. The number of rotatable bonds is 7. The van der Waals surface area contributed by atoms with Crippen LogP contribution in [-0.2, 0) is 17.9 Å². The lowest BCUT2D eigenvalue weighted by molar-refractivity contribution is -0.117. The second-order valence-corrected chi connectivity index (χ2v) is 8.45. The van der Waals surface area contributed by atoms with Crippen molar-refractivity contribution in [1.29, 1.82) is 0 Å². The molecule has 0 aliphatic rings. The number of halogens is 1. The highest BCUT2D eigenvalue weighted by atomic mass is 19.1. The van der Waals surface area contributed by atoms with Gasteiger partial charge < -0.3 is 10.6 Å². The lowest BCUT2D eigenvalue weighted by atomic mass is 10.1. The Morgan fingerprint density at radius 2 is 1.80 bits per heavy atom. The summed E-state index contributed by atoms with van der Waals surface area (Å²) in [5.41, 5.74) is -0.108. The van der Waals surface area contributed by atoms with E-state index in [0.29, 0.717) is 18.7 Å². The first kappa shape index (κ1) is 23.9. The maximum atomic E-state index is 13.3. The summed E-state index contributed by atoms with van der Waals surface area (Å²) >= 11 is 0. The van der Waals surface area contributed by atoms with E-state index in [0.717, 1.165) is 4.68 Å². The van der Waals surface area contributed by atoms with Crippen LogP contribution in [0.5, 0.6) is 0 Å². The first-order chi connectivity index (χ1) is 16.7. The predicted molar refractivity (Wildman–Crippen MR) is 129 cm³/mol. The van der Waals surface area contributed by atoms with E-state index in [1.54, 1.807) is 0 Å². The molecule has 2 amide bonds. The second-order valence-electron chi connectivity index (χ2n) is 8.45. The van der Waals surface area contributed by atoms with Gasteiger partial charge in [-0.1, -0.05) is 6.92 Å². The van der Waals surface area contributed by atoms with E-state index in [9.17, 15) is 23.6 Å². The van der Waals surface area contributed by atoms with Gasteiger partial charge in [-0.25, -0.2) is 18.3 Å². The molecule has 11 heteroatoms. The highest BCUT2D eigenvalue weighted by molar-refractivity contribution is 5.98. The van der Waals surface area contributed by atoms with Crippen molar-refractivity contribution in [1.82, 2.24) is 24.1 Å². The molecule has 4 aromatic rings. The van der Waals surface area contributed by atoms with Crippen LogP contribution in [0.4, 0.5) is 10.1 Å². The van der Waals surface area contributed by atoms with Crippen molar-refractivity contribution in [3.05, 3.63) is 74.7 Å². The summed E-state index contributed by atoms with van der Waals surface area (Å²) in [6.45, 7) is 5.43. The Morgan fingerprint density at radius 1 is 1.09 bits per heavy atom. The van der Waals surface area contributed by atoms with Crippen LogP contribution >= 0.6 is 0 Å². The number of aryl methyl sites for hydroxylation is 1. The fraction of sp³-hybridized carbons (Fsp3) is 0.292. The zero-order valence-electron chi connectivity index (χ0n) is 19.5. The summed E-state index contributed by atoms with van der Waals surface area (Å²) in [7, 11) is 0. The minimum Gasteiger partial charge on any atom is -0.350 e. The van der Waals surface area contributed by atoms with Gasteiger partial charge in [-0.3, -0.25) is 19.0 Å². The number of benzene rings is 2. The Morgan fingerprint density at radius 3 is 2.46 bits per heavy atom. The van der Waals surface area contributed by atoms with Gasteiger partial charge in [-0.2, -0.15) is 0 Å². The van der Waals surface area contributed by atoms with Gasteiger partial charge in [0, 0.05) is 23.8 Å². The quantitative estimate of drug-likeness (QED) is 0.420. The summed E-state index contributed by atoms with van der Waals surface area (Å²) in [5, 5.41) is 9.89. The number of nitrogens with zero attached hydrogens (tertiary/aromatic N) is 4. The molecule has 0 radical (unpaired) electrons. The number of nitrogens with one attached hydrogen (secondary N) is 2. The van der Waals surface area contributed by atoms with E-state index in [2.05, 4.69) is 15.7 Å². The van der Waals surface area contributed by atoms with Crippen LogP contribution in [0.1, 0.15) is 37.6 Å². The fourth-order valence-electron chi connectivity index (χ4n) is 3.80. The van der Waals surface area contributed by atoms with Gasteiger partial charge in [0.1, 0.15) is 12.4 Å². The molecule has 0 bridgehead atoms. The SMILES string of the molecule is CCCn1c(=O)c2ccc(C(=O)NC(C)C)cc2n2c(=O)n(CC(=O)Nc3ccc(F)cc3)nc12. The molecule has 0 aliphatic heterocycles. The largest absolute Gasteiger partial charge is 0.352 e. The third kappa shape index (κ3) is 4.70. The third-order valence-corrected chi connectivity index (χ3v) is 5.33. The molecule has 0 aliphatic carbocycles. The van der Waals surface area contributed by atoms with Gasteiger partial charge in [0.25, 0.3) is 11.5 Å². The molecular formula is C24H25FN6O4. The maximum Gasteiger partial charge on any atom is 0.352 e. The van der Waals surface area contributed by atoms with Crippen molar-refractivity contribution in [3.8, 4) is 0 Å². The van der Waals surface area contributed by atoms with Crippen molar-refractivity contribution < 1.29 is 14.0 Å². The van der Waals surface area contributed by atoms with Gasteiger partial charge in [0.05, 0.1) is 10.9 Å². The molecule has 2 N–H and O–H groups in total. The minimum atomic E-state index is -0.634. The smallest absolute Gasteiger partial charge is 0.350 e. The summed E-state index contributed by atoms with van der Waals surface area (Å²) in [4.78, 5) is 51.6. The molecule has 0 spiro atoms. The van der Waals surface area contributed by atoms with Crippen LogP contribution in [0.25, 0.3) is 16.7 Å². The van der Waals surface area contributed by atoms with Gasteiger partial charge in [0.2, 0.25) is 11.7 Å². The normalized spacial score (nSPS) is 11.3. The van der Waals surface area contributed by atoms with Crippen molar-refractivity contribution in [3.63, 3.8) is 0 Å². The average Bonchev–Trinajstić information content (AvgIpc) is 3.13. The Hall–Kier alpha value is -4.28. The molecule has 0 unspecified atom stereocenters. The Kier molecular flexibility index (Phi) is 6.50. The Balaban J connectivity index is 1.83. The third-order valence-electron chi connectivity index (χ3n) is 5.33. The van der Waals surface area contributed by atoms with E-state index in [1.807, 2.05) is 20.8 Å².